The SMILES string of the molecule is CNc1cc(C(F)(F)F)nn1-c1cccnc1.Cl. The van der Waals surface area contributed by atoms with Gasteiger partial charge in [0.25, 0.3) is 0 Å². The zero-order valence-electron chi connectivity index (χ0n) is 9.27. The van der Waals surface area contributed by atoms with E-state index in [-0.39, 0.29) is 18.2 Å². The molecule has 1 N–H and O–H groups in total. The minimum Gasteiger partial charge on any atom is -0.373 e. The molecule has 18 heavy (non-hydrogen) atoms. The normalized spacial score (nSPS) is 10.9. The number of halogens is 4. The summed E-state index contributed by atoms with van der Waals surface area (Å²) in [6.45, 7) is 0. The van der Waals surface area contributed by atoms with Gasteiger partial charge >= 0.3 is 6.18 Å². The first-order valence-corrected chi connectivity index (χ1v) is 4.78. The van der Waals surface area contributed by atoms with Crippen molar-refractivity contribution >= 4 is 18.2 Å². The molecular formula is C10H10ClF3N4. The van der Waals surface area contributed by atoms with Crippen LogP contribution in [0, 0.1) is 0 Å². The van der Waals surface area contributed by atoms with Crippen LogP contribution in [0.5, 0.6) is 0 Å². The first-order valence-electron chi connectivity index (χ1n) is 4.78. The molecule has 0 aromatic carbocycles. The van der Waals surface area contributed by atoms with Gasteiger partial charge in [0.15, 0.2) is 5.69 Å². The Balaban J connectivity index is 0.00000162. The van der Waals surface area contributed by atoms with Gasteiger partial charge in [-0.05, 0) is 12.1 Å². The number of anilines is 1. The van der Waals surface area contributed by atoms with Crippen LogP contribution in [0.25, 0.3) is 5.69 Å². The molecule has 98 valence electrons. The minimum absolute atomic E-state index is 0. The summed E-state index contributed by atoms with van der Waals surface area (Å²) in [7, 11) is 1.53. The van der Waals surface area contributed by atoms with Crippen molar-refractivity contribution in [3.63, 3.8) is 0 Å². The molecule has 0 radical (unpaired) electrons. The van der Waals surface area contributed by atoms with Crippen LogP contribution < -0.4 is 5.32 Å². The molecule has 0 spiro atoms. The fraction of sp³-hybridized carbons (Fsp3) is 0.200. The Labute approximate surface area is 107 Å². The van der Waals surface area contributed by atoms with Crippen LogP contribution in [0.1, 0.15) is 5.69 Å². The number of hydrogen-bond acceptors (Lipinski definition) is 3. The lowest BCUT2D eigenvalue weighted by atomic mass is 10.4. The molecule has 0 saturated heterocycles. The molecule has 0 bridgehead atoms. The van der Waals surface area contributed by atoms with E-state index in [1.165, 1.54) is 19.4 Å². The molecule has 2 aromatic heterocycles. The number of alkyl halides is 3. The quantitative estimate of drug-likeness (QED) is 0.918. The van der Waals surface area contributed by atoms with Crippen LogP contribution in [0.15, 0.2) is 30.6 Å². The second-order valence-corrected chi connectivity index (χ2v) is 3.29. The highest BCUT2D eigenvalue weighted by molar-refractivity contribution is 5.85. The molecule has 0 aliphatic rings. The average molecular weight is 279 g/mol. The third-order valence-electron chi connectivity index (χ3n) is 2.15. The molecular weight excluding hydrogens is 269 g/mol. The van der Waals surface area contributed by atoms with Crippen molar-refractivity contribution < 1.29 is 13.2 Å². The highest BCUT2D eigenvalue weighted by Gasteiger charge is 2.35. The maximum absolute atomic E-state index is 12.5. The molecule has 0 atom stereocenters. The Kier molecular flexibility index (Phi) is 4.18. The summed E-state index contributed by atoms with van der Waals surface area (Å²) < 4.78 is 38.7. The molecule has 0 aliphatic heterocycles. The highest BCUT2D eigenvalue weighted by Crippen LogP contribution is 2.30. The zero-order chi connectivity index (χ0) is 12.5. The van der Waals surface area contributed by atoms with Crippen molar-refractivity contribution in [2.75, 3.05) is 12.4 Å². The molecule has 0 unspecified atom stereocenters. The fourth-order valence-corrected chi connectivity index (χ4v) is 1.37. The summed E-state index contributed by atoms with van der Waals surface area (Å²) >= 11 is 0. The highest BCUT2D eigenvalue weighted by atomic mass is 35.5. The van der Waals surface area contributed by atoms with Crippen molar-refractivity contribution in [1.82, 2.24) is 14.8 Å². The first kappa shape index (κ1) is 14.3. The second kappa shape index (κ2) is 5.26. The van der Waals surface area contributed by atoms with Crippen molar-refractivity contribution in [2.24, 2.45) is 0 Å². The fourth-order valence-electron chi connectivity index (χ4n) is 1.37. The first-order chi connectivity index (χ1) is 8.02. The molecule has 0 amide bonds. The van der Waals surface area contributed by atoms with Gasteiger partial charge in [-0.15, -0.1) is 12.4 Å². The van der Waals surface area contributed by atoms with Crippen LogP contribution in [0.3, 0.4) is 0 Å². The topological polar surface area (TPSA) is 42.7 Å². The second-order valence-electron chi connectivity index (χ2n) is 3.29. The van der Waals surface area contributed by atoms with Crippen molar-refractivity contribution in [1.29, 1.82) is 0 Å². The lowest BCUT2D eigenvalue weighted by Gasteiger charge is -2.05. The molecule has 4 nitrogen and oxygen atoms in total. The number of nitrogens with zero attached hydrogens (tertiary/aromatic N) is 3. The standard InChI is InChI=1S/C10H9F3N4.ClH/c1-14-9-5-8(10(11,12)13)16-17(9)7-3-2-4-15-6-7;/h2-6,14H,1H3;1H. The Hall–Kier alpha value is -1.76. The van der Waals surface area contributed by atoms with E-state index in [2.05, 4.69) is 15.4 Å². The van der Waals surface area contributed by atoms with Gasteiger partial charge in [-0.1, -0.05) is 0 Å². The molecule has 8 heteroatoms. The zero-order valence-corrected chi connectivity index (χ0v) is 10.1. The smallest absolute Gasteiger partial charge is 0.373 e. The van der Waals surface area contributed by atoms with E-state index in [1.807, 2.05) is 0 Å². The Bertz CT molecular complexity index is 510. The van der Waals surface area contributed by atoms with E-state index in [4.69, 9.17) is 0 Å². The summed E-state index contributed by atoms with van der Waals surface area (Å²) in [5, 5.41) is 6.17. The van der Waals surface area contributed by atoms with E-state index >= 15 is 0 Å². The van der Waals surface area contributed by atoms with Crippen LogP contribution in [-0.2, 0) is 6.18 Å². The Morgan fingerprint density at radius 3 is 2.56 bits per heavy atom. The van der Waals surface area contributed by atoms with Gasteiger partial charge in [-0.2, -0.15) is 18.3 Å². The lowest BCUT2D eigenvalue weighted by Crippen LogP contribution is -2.07. The summed E-state index contributed by atoms with van der Waals surface area (Å²) in [4.78, 5) is 3.84. The van der Waals surface area contributed by atoms with Crippen molar-refractivity contribution in [3.8, 4) is 5.69 Å². The molecule has 0 fully saturated rings. The summed E-state index contributed by atoms with van der Waals surface area (Å²) in [6.07, 6.45) is -1.48. The molecule has 0 saturated carbocycles. The molecule has 2 aromatic rings. The van der Waals surface area contributed by atoms with Crippen LogP contribution >= 0.6 is 12.4 Å². The Morgan fingerprint density at radius 2 is 2.06 bits per heavy atom. The summed E-state index contributed by atoms with van der Waals surface area (Å²) in [6, 6.07) is 4.21. The van der Waals surface area contributed by atoms with Crippen LogP contribution in [-0.4, -0.2) is 21.8 Å². The predicted molar refractivity (Wildman–Crippen MR) is 63.2 cm³/mol. The monoisotopic (exact) mass is 278 g/mol. The van der Waals surface area contributed by atoms with Crippen LogP contribution in [0.4, 0.5) is 19.0 Å². The average Bonchev–Trinajstić information content (AvgIpc) is 2.73. The van der Waals surface area contributed by atoms with Gasteiger partial charge in [0, 0.05) is 19.3 Å². The lowest BCUT2D eigenvalue weighted by molar-refractivity contribution is -0.141. The third-order valence-corrected chi connectivity index (χ3v) is 2.15. The predicted octanol–water partition coefficient (Wildman–Crippen LogP) is 2.75. The number of rotatable bonds is 2. The maximum Gasteiger partial charge on any atom is 0.435 e. The number of pyridine rings is 1. The van der Waals surface area contributed by atoms with E-state index < -0.39 is 11.9 Å². The molecule has 2 rings (SSSR count). The van der Waals surface area contributed by atoms with Gasteiger partial charge in [-0.25, -0.2) is 4.68 Å². The van der Waals surface area contributed by atoms with E-state index in [0.29, 0.717) is 5.69 Å². The maximum atomic E-state index is 12.5. The van der Waals surface area contributed by atoms with Gasteiger partial charge in [-0.3, -0.25) is 4.98 Å². The minimum atomic E-state index is -4.46. The Morgan fingerprint density at radius 1 is 1.33 bits per heavy atom. The number of nitrogens with one attached hydrogen (secondary N) is 1. The van der Waals surface area contributed by atoms with Crippen molar-refractivity contribution in [3.05, 3.63) is 36.3 Å². The van der Waals surface area contributed by atoms with E-state index in [1.54, 1.807) is 12.1 Å². The van der Waals surface area contributed by atoms with Gasteiger partial charge in [0.05, 0.1) is 11.9 Å². The van der Waals surface area contributed by atoms with Gasteiger partial charge in [0.1, 0.15) is 5.82 Å². The van der Waals surface area contributed by atoms with Gasteiger partial charge in [0.2, 0.25) is 0 Å². The summed E-state index contributed by atoms with van der Waals surface area (Å²) in [5.41, 5.74) is -0.474. The largest absolute Gasteiger partial charge is 0.435 e. The van der Waals surface area contributed by atoms with Crippen LogP contribution in [0.2, 0.25) is 0 Å². The van der Waals surface area contributed by atoms with Crippen molar-refractivity contribution in [2.45, 2.75) is 6.18 Å². The number of hydrogen-bond donors (Lipinski definition) is 1. The summed E-state index contributed by atoms with van der Waals surface area (Å²) in [5.74, 6) is 0.255. The van der Waals surface area contributed by atoms with E-state index in [0.717, 1.165) is 10.7 Å². The third kappa shape index (κ3) is 2.73. The molecule has 2 heterocycles. The van der Waals surface area contributed by atoms with E-state index in [9.17, 15) is 13.2 Å². The number of aromatic nitrogens is 3. The van der Waals surface area contributed by atoms with Gasteiger partial charge < -0.3 is 5.32 Å². The molecule has 0 aliphatic carbocycles.